The van der Waals surface area contributed by atoms with Gasteiger partial charge in [-0.2, -0.15) is 0 Å². The number of hydrogen-bond donors (Lipinski definition) is 0. The van der Waals surface area contributed by atoms with Crippen LogP contribution in [-0.4, -0.2) is 11.9 Å². The number of rotatable bonds is 1. The number of carbonyl (C=O) groups is 2. The van der Waals surface area contributed by atoms with Crippen LogP contribution in [0.2, 0.25) is 0 Å². The Morgan fingerprint density at radius 2 is 2.20 bits per heavy atom. The molecule has 0 amide bonds. The molecule has 1 heterocycles. The second-order valence-electron chi connectivity index (χ2n) is 3.13. The van der Waals surface area contributed by atoms with E-state index in [0.717, 1.165) is 9.13 Å². The Morgan fingerprint density at radius 3 is 2.87 bits per heavy atom. The van der Waals surface area contributed by atoms with Gasteiger partial charge in [0.1, 0.15) is 0 Å². The standard InChI is InChI=1S/C10H9IO4/c1-6-3-4-9-8(5-6)10(13)15-11(9)14-7(2)12/h3-5H,1-2H3. The van der Waals surface area contributed by atoms with Gasteiger partial charge in [0.2, 0.25) is 0 Å². The molecule has 0 radical (unpaired) electrons. The molecule has 1 aliphatic heterocycles. The normalized spacial score (nSPS) is 15.9. The summed E-state index contributed by atoms with van der Waals surface area (Å²) >= 11 is -2.50. The molecule has 0 N–H and O–H groups in total. The number of halogens is 1. The van der Waals surface area contributed by atoms with Crippen molar-refractivity contribution >= 4 is 32.6 Å². The van der Waals surface area contributed by atoms with E-state index in [1.807, 2.05) is 19.1 Å². The first-order valence-electron chi connectivity index (χ1n) is 4.30. The summed E-state index contributed by atoms with van der Waals surface area (Å²) in [5, 5.41) is 0. The average molecular weight is 320 g/mol. The third kappa shape index (κ3) is 1.97. The zero-order valence-electron chi connectivity index (χ0n) is 8.24. The molecular weight excluding hydrogens is 311 g/mol. The van der Waals surface area contributed by atoms with Crippen LogP contribution in [0.1, 0.15) is 22.8 Å². The number of aryl methyl sites for hydroxylation is 1. The maximum absolute atomic E-state index is 11.4. The molecule has 5 heteroatoms. The van der Waals surface area contributed by atoms with E-state index in [9.17, 15) is 9.59 Å². The van der Waals surface area contributed by atoms with Gasteiger partial charge in [0, 0.05) is 0 Å². The quantitative estimate of drug-likeness (QED) is 0.745. The molecule has 0 saturated heterocycles. The second kappa shape index (κ2) is 3.80. The van der Waals surface area contributed by atoms with Gasteiger partial charge in [-0.1, -0.05) is 0 Å². The Balaban J connectivity index is 2.38. The number of fused-ring (bicyclic) bond motifs is 1. The van der Waals surface area contributed by atoms with E-state index < -0.39 is 26.6 Å². The first kappa shape index (κ1) is 10.4. The Bertz CT molecular complexity index is 441. The van der Waals surface area contributed by atoms with Crippen molar-refractivity contribution in [2.45, 2.75) is 13.8 Å². The number of carbonyl (C=O) groups excluding carboxylic acids is 2. The SMILES string of the molecule is CC(=O)OI1OC(=O)c2cc(C)ccc21. The van der Waals surface area contributed by atoms with Gasteiger partial charge in [-0.3, -0.25) is 0 Å². The van der Waals surface area contributed by atoms with Crippen LogP contribution in [0, 0.1) is 10.5 Å². The molecule has 2 rings (SSSR count). The van der Waals surface area contributed by atoms with Crippen molar-refractivity contribution in [2.75, 3.05) is 0 Å². The molecule has 1 aromatic rings. The monoisotopic (exact) mass is 320 g/mol. The molecular formula is C10H9IO4. The Kier molecular flexibility index (Phi) is 2.64. The molecule has 0 bridgehead atoms. The fourth-order valence-electron chi connectivity index (χ4n) is 1.23. The van der Waals surface area contributed by atoms with Gasteiger partial charge in [-0.15, -0.1) is 0 Å². The van der Waals surface area contributed by atoms with Crippen molar-refractivity contribution in [3.8, 4) is 0 Å². The van der Waals surface area contributed by atoms with Gasteiger partial charge in [0.25, 0.3) is 0 Å². The second-order valence-corrected chi connectivity index (χ2v) is 6.42. The first-order valence-corrected chi connectivity index (χ1v) is 7.14. The molecule has 0 unspecified atom stereocenters. The van der Waals surface area contributed by atoms with Crippen molar-refractivity contribution in [1.29, 1.82) is 0 Å². The van der Waals surface area contributed by atoms with Crippen molar-refractivity contribution in [1.82, 2.24) is 0 Å². The predicted octanol–water partition coefficient (Wildman–Crippen LogP) is 2.23. The van der Waals surface area contributed by atoms with Crippen LogP contribution < -0.4 is 0 Å². The molecule has 4 nitrogen and oxygen atoms in total. The van der Waals surface area contributed by atoms with E-state index in [1.165, 1.54) is 6.92 Å². The Morgan fingerprint density at radius 1 is 1.47 bits per heavy atom. The van der Waals surface area contributed by atoms with E-state index in [2.05, 4.69) is 0 Å². The van der Waals surface area contributed by atoms with E-state index >= 15 is 0 Å². The van der Waals surface area contributed by atoms with Crippen LogP contribution in [0.15, 0.2) is 18.2 Å². The van der Waals surface area contributed by atoms with Crippen molar-refractivity contribution < 1.29 is 15.7 Å². The minimum absolute atomic E-state index is 0.375. The molecule has 1 aromatic carbocycles. The molecule has 0 spiro atoms. The van der Waals surface area contributed by atoms with E-state index in [1.54, 1.807) is 6.07 Å². The third-order valence-electron chi connectivity index (χ3n) is 1.83. The van der Waals surface area contributed by atoms with Gasteiger partial charge in [0.15, 0.2) is 0 Å². The van der Waals surface area contributed by atoms with Crippen LogP contribution >= 0.6 is 20.6 Å². The summed E-state index contributed by atoms with van der Waals surface area (Å²) in [6.45, 7) is 3.22. The summed E-state index contributed by atoms with van der Waals surface area (Å²) in [5.41, 5.74) is 1.53. The zero-order chi connectivity index (χ0) is 11.0. The van der Waals surface area contributed by atoms with Crippen molar-refractivity contribution in [3.63, 3.8) is 0 Å². The molecule has 80 valence electrons. The van der Waals surface area contributed by atoms with Crippen LogP contribution in [0.25, 0.3) is 0 Å². The topological polar surface area (TPSA) is 52.6 Å². The molecule has 15 heavy (non-hydrogen) atoms. The molecule has 0 aromatic heterocycles. The molecule has 0 saturated carbocycles. The van der Waals surface area contributed by atoms with Crippen LogP contribution in [0.4, 0.5) is 0 Å². The van der Waals surface area contributed by atoms with E-state index in [0.29, 0.717) is 5.56 Å². The zero-order valence-corrected chi connectivity index (χ0v) is 10.4. The third-order valence-corrected chi connectivity index (χ3v) is 5.54. The summed E-state index contributed by atoms with van der Waals surface area (Å²) in [6.07, 6.45) is 0. The van der Waals surface area contributed by atoms with Crippen LogP contribution in [0.3, 0.4) is 0 Å². The van der Waals surface area contributed by atoms with Crippen molar-refractivity contribution in [3.05, 3.63) is 32.9 Å². The maximum atomic E-state index is 11.4. The predicted molar refractivity (Wildman–Crippen MR) is 61.1 cm³/mol. The van der Waals surface area contributed by atoms with Gasteiger partial charge in [-0.25, -0.2) is 0 Å². The fraction of sp³-hybridized carbons (Fsp3) is 0.200. The molecule has 0 fully saturated rings. The summed E-state index contributed by atoms with van der Waals surface area (Å²) in [4.78, 5) is 22.2. The molecule has 1 aliphatic rings. The van der Waals surface area contributed by atoms with Crippen LogP contribution in [-0.2, 0) is 10.9 Å². The molecule has 0 atom stereocenters. The van der Waals surface area contributed by atoms with Crippen LogP contribution in [0.5, 0.6) is 0 Å². The Hall–Kier alpha value is -1.11. The van der Waals surface area contributed by atoms with Gasteiger partial charge >= 0.3 is 95.1 Å². The summed E-state index contributed by atoms with van der Waals surface area (Å²) < 4.78 is 10.9. The Labute approximate surface area is 95.0 Å². The number of benzene rings is 1. The summed E-state index contributed by atoms with van der Waals surface area (Å²) in [7, 11) is 0. The summed E-state index contributed by atoms with van der Waals surface area (Å²) in [6, 6.07) is 5.46. The first-order chi connectivity index (χ1) is 7.08. The molecule has 0 aliphatic carbocycles. The number of hydrogen-bond acceptors (Lipinski definition) is 4. The minimum atomic E-state index is -2.50. The van der Waals surface area contributed by atoms with Gasteiger partial charge in [0.05, 0.1) is 0 Å². The van der Waals surface area contributed by atoms with E-state index in [-0.39, 0.29) is 5.97 Å². The van der Waals surface area contributed by atoms with E-state index in [4.69, 9.17) is 6.13 Å². The van der Waals surface area contributed by atoms with Gasteiger partial charge in [-0.05, 0) is 0 Å². The van der Waals surface area contributed by atoms with Crippen molar-refractivity contribution in [2.24, 2.45) is 0 Å². The van der Waals surface area contributed by atoms with Gasteiger partial charge < -0.3 is 0 Å². The average Bonchev–Trinajstić information content (AvgIpc) is 2.42. The fourth-order valence-corrected chi connectivity index (χ4v) is 4.28. The summed E-state index contributed by atoms with van der Waals surface area (Å²) in [5.74, 6) is -0.776.